The van der Waals surface area contributed by atoms with E-state index in [-0.39, 0.29) is 5.97 Å². The predicted octanol–water partition coefficient (Wildman–Crippen LogP) is 1.92. The molecule has 0 spiro atoms. The molecule has 0 bridgehead atoms. The molecule has 0 aromatic heterocycles. The summed E-state index contributed by atoms with van der Waals surface area (Å²) in [4.78, 5) is 31.9. The van der Waals surface area contributed by atoms with Crippen LogP contribution in [0, 0.1) is 0 Å². The Morgan fingerprint density at radius 1 is 0.917 bits per heavy atom. The molecule has 9 heteroatoms. The molecule has 7 nitrogen and oxygen atoms in total. The molecule has 0 heterocycles. The van der Waals surface area contributed by atoms with Crippen LogP contribution in [0.5, 0.6) is 5.75 Å². The second-order valence-electron chi connectivity index (χ2n) is 4.37. The van der Waals surface area contributed by atoms with Gasteiger partial charge in [-0.3, -0.25) is 4.79 Å². The van der Waals surface area contributed by atoms with E-state index in [0.717, 1.165) is 13.1 Å². The molecule has 24 heavy (non-hydrogen) atoms. The van der Waals surface area contributed by atoms with Crippen molar-refractivity contribution in [3.05, 3.63) is 30.3 Å². The zero-order valence-electron chi connectivity index (χ0n) is 12.9. The standard InChI is InChI=1S/C13H17Cl2NO2.C2H2O4/c14-7-10-16(11-8-15)9-6-13(17)18-12-4-2-1-3-5-12;3-1(4)2(5)6/h1-5H,6-11H2;(H,3,4)(H,5,6). The minimum Gasteiger partial charge on any atom is -0.473 e. The summed E-state index contributed by atoms with van der Waals surface area (Å²) in [6, 6.07) is 9.05. The summed E-state index contributed by atoms with van der Waals surface area (Å²) in [5.74, 6) is -2.25. The Kier molecular flexibility index (Phi) is 12.6. The third kappa shape index (κ3) is 11.7. The number of carboxylic acids is 2. The third-order valence-electron chi connectivity index (χ3n) is 2.59. The van der Waals surface area contributed by atoms with E-state index in [4.69, 9.17) is 47.7 Å². The van der Waals surface area contributed by atoms with E-state index >= 15 is 0 Å². The molecule has 1 aromatic rings. The quantitative estimate of drug-likeness (QED) is 0.307. The van der Waals surface area contributed by atoms with Crippen LogP contribution in [0.3, 0.4) is 0 Å². The van der Waals surface area contributed by atoms with Crippen LogP contribution < -0.4 is 4.74 Å². The van der Waals surface area contributed by atoms with Gasteiger partial charge in [-0.25, -0.2) is 9.59 Å². The predicted molar refractivity (Wildman–Crippen MR) is 89.8 cm³/mol. The minimum atomic E-state index is -1.82. The molecule has 0 radical (unpaired) electrons. The third-order valence-corrected chi connectivity index (χ3v) is 2.93. The first-order valence-electron chi connectivity index (χ1n) is 6.97. The number of alkyl halides is 2. The maximum Gasteiger partial charge on any atom is 0.414 e. The fourth-order valence-electron chi connectivity index (χ4n) is 1.49. The van der Waals surface area contributed by atoms with Gasteiger partial charge < -0.3 is 19.8 Å². The number of aliphatic carboxylic acids is 2. The van der Waals surface area contributed by atoms with E-state index in [1.54, 1.807) is 12.1 Å². The van der Waals surface area contributed by atoms with Crippen molar-refractivity contribution in [2.75, 3.05) is 31.4 Å². The highest BCUT2D eigenvalue weighted by Gasteiger charge is 2.09. The number of rotatable bonds is 8. The van der Waals surface area contributed by atoms with Crippen LogP contribution in [0.1, 0.15) is 6.42 Å². The highest BCUT2D eigenvalue weighted by molar-refractivity contribution is 6.27. The fourth-order valence-corrected chi connectivity index (χ4v) is 1.97. The average molecular weight is 380 g/mol. The molecule has 1 aromatic carbocycles. The summed E-state index contributed by atoms with van der Waals surface area (Å²) in [5.41, 5.74) is 0. The first-order valence-corrected chi connectivity index (χ1v) is 8.03. The maximum atomic E-state index is 11.6. The number of para-hydroxylation sites is 1. The van der Waals surface area contributed by atoms with Crippen molar-refractivity contribution < 1.29 is 29.3 Å². The van der Waals surface area contributed by atoms with E-state index < -0.39 is 11.9 Å². The number of carboxylic acid groups (broad SMARTS) is 2. The van der Waals surface area contributed by atoms with Crippen molar-refractivity contribution in [3.8, 4) is 5.75 Å². The molecule has 134 valence electrons. The Hall–Kier alpha value is -1.83. The molecule has 1 rings (SSSR count). The topological polar surface area (TPSA) is 104 Å². The first kappa shape index (κ1) is 22.2. The van der Waals surface area contributed by atoms with Crippen LogP contribution >= 0.6 is 23.2 Å². The van der Waals surface area contributed by atoms with Gasteiger partial charge in [0.15, 0.2) is 0 Å². The minimum absolute atomic E-state index is 0.240. The summed E-state index contributed by atoms with van der Waals surface area (Å²) in [5, 5.41) is 14.8. The van der Waals surface area contributed by atoms with Crippen molar-refractivity contribution >= 4 is 41.1 Å². The lowest BCUT2D eigenvalue weighted by atomic mass is 10.3. The highest BCUT2D eigenvalue weighted by atomic mass is 35.5. The Morgan fingerprint density at radius 3 is 1.83 bits per heavy atom. The SMILES string of the molecule is O=C(CCN(CCCl)CCCl)Oc1ccccc1.O=C(O)C(=O)O. The number of ether oxygens (including phenoxy) is 1. The summed E-state index contributed by atoms with van der Waals surface area (Å²) in [7, 11) is 0. The molecule has 0 aliphatic carbocycles. The molecule has 0 aliphatic heterocycles. The Labute approximate surface area is 149 Å². The highest BCUT2D eigenvalue weighted by Crippen LogP contribution is 2.09. The van der Waals surface area contributed by atoms with E-state index in [0.29, 0.717) is 30.5 Å². The van der Waals surface area contributed by atoms with Crippen LogP contribution in [0.2, 0.25) is 0 Å². The lowest BCUT2D eigenvalue weighted by Crippen LogP contribution is -2.31. The van der Waals surface area contributed by atoms with Gasteiger partial charge in [-0.05, 0) is 12.1 Å². The lowest BCUT2D eigenvalue weighted by Gasteiger charge is -2.19. The van der Waals surface area contributed by atoms with Crippen LogP contribution in [0.15, 0.2) is 30.3 Å². The van der Waals surface area contributed by atoms with Crippen molar-refractivity contribution in [2.45, 2.75) is 6.42 Å². The van der Waals surface area contributed by atoms with Gasteiger partial charge in [0.25, 0.3) is 0 Å². The number of carbonyl (C=O) groups is 3. The van der Waals surface area contributed by atoms with E-state index in [1.807, 2.05) is 23.1 Å². The molecule has 0 fully saturated rings. The van der Waals surface area contributed by atoms with Gasteiger partial charge in [0.1, 0.15) is 5.75 Å². The zero-order valence-corrected chi connectivity index (χ0v) is 14.4. The van der Waals surface area contributed by atoms with Gasteiger partial charge in [-0.2, -0.15) is 0 Å². The Morgan fingerprint density at radius 2 is 1.42 bits per heavy atom. The number of benzene rings is 1. The average Bonchev–Trinajstić information content (AvgIpc) is 2.54. The summed E-state index contributed by atoms with van der Waals surface area (Å²) >= 11 is 11.4. The molecule has 2 N–H and O–H groups in total. The first-order chi connectivity index (χ1) is 11.4. The largest absolute Gasteiger partial charge is 0.473 e. The number of nitrogens with zero attached hydrogens (tertiary/aromatic N) is 1. The van der Waals surface area contributed by atoms with Gasteiger partial charge in [0.05, 0.1) is 6.42 Å². The molecule has 0 unspecified atom stereocenters. The summed E-state index contributed by atoms with van der Waals surface area (Å²) in [6.45, 7) is 2.07. The van der Waals surface area contributed by atoms with Crippen LogP contribution in [0.25, 0.3) is 0 Å². The number of hydrogen-bond acceptors (Lipinski definition) is 5. The summed E-state index contributed by atoms with van der Waals surface area (Å²) < 4.78 is 5.19. The van der Waals surface area contributed by atoms with E-state index in [1.165, 1.54) is 0 Å². The van der Waals surface area contributed by atoms with Crippen molar-refractivity contribution in [2.24, 2.45) is 0 Å². The lowest BCUT2D eigenvalue weighted by molar-refractivity contribution is -0.159. The van der Waals surface area contributed by atoms with Crippen LogP contribution in [-0.2, 0) is 14.4 Å². The fraction of sp³-hybridized carbons (Fsp3) is 0.400. The monoisotopic (exact) mass is 379 g/mol. The van der Waals surface area contributed by atoms with E-state index in [9.17, 15) is 4.79 Å². The van der Waals surface area contributed by atoms with Gasteiger partial charge in [0.2, 0.25) is 0 Å². The van der Waals surface area contributed by atoms with Gasteiger partial charge in [-0.15, -0.1) is 23.2 Å². The van der Waals surface area contributed by atoms with Crippen molar-refractivity contribution in [1.29, 1.82) is 0 Å². The molecule has 0 saturated carbocycles. The van der Waals surface area contributed by atoms with Gasteiger partial charge in [0, 0.05) is 31.4 Å². The molecule has 0 atom stereocenters. The number of carbonyl (C=O) groups excluding carboxylic acids is 1. The Balaban J connectivity index is 0.000000754. The second kappa shape index (κ2) is 13.6. The molecular weight excluding hydrogens is 361 g/mol. The zero-order chi connectivity index (χ0) is 18.4. The van der Waals surface area contributed by atoms with Gasteiger partial charge >= 0.3 is 17.9 Å². The van der Waals surface area contributed by atoms with Crippen LogP contribution in [0.4, 0.5) is 0 Å². The molecule has 0 amide bonds. The normalized spacial score (nSPS) is 9.79. The summed E-state index contributed by atoms with van der Waals surface area (Å²) in [6.07, 6.45) is 0.336. The number of esters is 1. The Bertz CT molecular complexity index is 494. The smallest absolute Gasteiger partial charge is 0.414 e. The maximum absolute atomic E-state index is 11.6. The van der Waals surface area contributed by atoms with Crippen molar-refractivity contribution in [3.63, 3.8) is 0 Å². The van der Waals surface area contributed by atoms with Crippen molar-refractivity contribution in [1.82, 2.24) is 4.90 Å². The number of halogens is 2. The molecule has 0 aliphatic rings. The van der Waals surface area contributed by atoms with E-state index in [2.05, 4.69) is 0 Å². The molecular formula is C15H19Cl2NO6. The molecule has 0 saturated heterocycles. The van der Waals surface area contributed by atoms with Crippen LogP contribution in [-0.4, -0.2) is 64.4 Å². The van der Waals surface area contributed by atoms with Gasteiger partial charge in [-0.1, -0.05) is 18.2 Å². The number of hydrogen-bond donors (Lipinski definition) is 2. The second-order valence-corrected chi connectivity index (χ2v) is 5.12.